The fourth-order valence-electron chi connectivity index (χ4n) is 1.98. The Balaban J connectivity index is 2.21. The van der Waals surface area contributed by atoms with E-state index in [0.29, 0.717) is 22.4 Å². The number of nitrogens with two attached hydrogens (primary N) is 1. The van der Waals surface area contributed by atoms with Gasteiger partial charge in [0, 0.05) is 16.0 Å². The molecule has 2 aromatic rings. The lowest BCUT2D eigenvalue weighted by Gasteiger charge is -2.07. The third-order valence-corrected chi connectivity index (χ3v) is 3.82. The summed E-state index contributed by atoms with van der Waals surface area (Å²) in [5.41, 5.74) is 2.64. The summed E-state index contributed by atoms with van der Waals surface area (Å²) in [5.74, 6) is 0.00123. The van der Waals surface area contributed by atoms with Crippen LogP contribution in [0, 0.1) is 0 Å². The number of halogens is 3. The molecule has 24 heavy (non-hydrogen) atoms. The Morgan fingerprint density at radius 2 is 1.79 bits per heavy atom. The lowest BCUT2D eigenvalue weighted by atomic mass is 10.1. The van der Waals surface area contributed by atoms with E-state index in [1.807, 2.05) is 0 Å². The molecule has 2 aromatic carbocycles. The van der Waals surface area contributed by atoms with Crippen LogP contribution in [-0.2, 0) is 0 Å². The van der Waals surface area contributed by atoms with E-state index >= 15 is 0 Å². The second-order valence-electron chi connectivity index (χ2n) is 4.77. The van der Waals surface area contributed by atoms with Gasteiger partial charge in [-0.2, -0.15) is 13.2 Å². The summed E-state index contributed by atoms with van der Waals surface area (Å²) in [6.45, 7) is 0. The van der Waals surface area contributed by atoms with Gasteiger partial charge in [-0.15, -0.1) is 0 Å². The van der Waals surface area contributed by atoms with Crippen molar-refractivity contribution in [2.45, 2.75) is 10.4 Å². The number of rotatable bonds is 5. The number of methoxy groups -OCH3 is 1. The summed E-state index contributed by atoms with van der Waals surface area (Å²) in [7, 11) is 1.50. The molecular formula is C17H14F3NO2S. The first-order valence-electron chi connectivity index (χ1n) is 6.80. The van der Waals surface area contributed by atoms with Crippen LogP contribution < -0.4 is 10.5 Å². The van der Waals surface area contributed by atoms with Gasteiger partial charge in [-0.05, 0) is 47.7 Å². The third-order valence-electron chi connectivity index (χ3n) is 3.08. The first-order valence-corrected chi connectivity index (χ1v) is 7.62. The summed E-state index contributed by atoms with van der Waals surface area (Å²) in [4.78, 5) is 11.4. The topological polar surface area (TPSA) is 52.3 Å². The summed E-state index contributed by atoms with van der Waals surface area (Å²) in [6.07, 6.45) is 3.42. The van der Waals surface area contributed by atoms with Gasteiger partial charge < -0.3 is 10.5 Å². The van der Waals surface area contributed by atoms with Crippen molar-refractivity contribution < 1.29 is 22.7 Å². The lowest BCUT2D eigenvalue weighted by molar-refractivity contribution is -0.0328. The van der Waals surface area contributed by atoms with Crippen molar-refractivity contribution in [3.8, 4) is 5.75 Å². The van der Waals surface area contributed by atoms with Crippen molar-refractivity contribution in [3.05, 3.63) is 59.2 Å². The molecular weight excluding hydrogens is 339 g/mol. The average molecular weight is 353 g/mol. The number of hydrogen-bond donors (Lipinski definition) is 1. The zero-order valence-electron chi connectivity index (χ0n) is 12.6. The minimum absolute atomic E-state index is 0.118. The number of carbonyl (C=O) groups excluding carboxylic acids is 1. The largest absolute Gasteiger partial charge is 0.496 e. The molecule has 7 heteroatoms. The van der Waals surface area contributed by atoms with Crippen LogP contribution in [0.1, 0.15) is 21.5 Å². The Morgan fingerprint density at radius 3 is 2.33 bits per heavy atom. The standard InChI is InChI=1S/C17H14F3NO2S/c1-23-15-9-6-13(16(21)22)10-12(15)5-2-11-3-7-14(8-4-11)24-17(18,19)20/h2-10H,1H3,(H2,21,22). The molecule has 126 valence electrons. The Morgan fingerprint density at radius 1 is 1.12 bits per heavy atom. The monoisotopic (exact) mass is 353 g/mol. The molecule has 0 aliphatic rings. The highest BCUT2D eigenvalue weighted by Crippen LogP contribution is 2.36. The van der Waals surface area contributed by atoms with E-state index in [1.165, 1.54) is 19.2 Å². The van der Waals surface area contributed by atoms with E-state index in [9.17, 15) is 18.0 Å². The summed E-state index contributed by atoms with van der Waals surface area (Å²) in [6, 6.07) is 10.7. The molecule has 0 aromatic heterocycles. The number of primary amides is 1. The highest BCUT2D eigenvalue weighted by molar-refractivity contribution is 8.00. The maximum atomic E-state index is 12.3. The maximum absolute atomic E-state index is 12.3. The number of hydrogen-bond acceptors (Lipinski definition) is 3. The number of carbonyl (C=O) groups is 1. The molecule has 0 saturated carbocycles. The number of thioether (sulfide) groups is 1. The van der Waals surface area contributed by atoms with E-state index in [1.54, 1.807) is 42.5 Å². The fourth-order valence-corrected chi connectivity index (χ4v) is 2.52. The molecule has 0 aliphatic carbocycles. The first-order chi connectivity index (χ1) is 11.3. The lowest BCUT2D eigenvalue weighted by Crippen LogP contribution is -2.10. The molecule has 0 aliphatic heterocycles. The van der Waals surface area contributed by atoms with Crippen LogP contribution in [0.15, 0.2) is 47.4 Å². The molecule has 2 rings (SSSR count). The van der Waals surface area contributed by atoms with Gasteiger partial charge in [0.1, 0.15) is 5.75 Å². The second-order valence-corrected chi connectivity index (χ2v) is 5.91. The van der Waals surface area contributed by atoms with Crippen LogP contribution in [0.25, 0.3) is 12.2 Å². The second kappa shape index (κ2) is 7.44. The molecule has 0 heterocycles. The van der Waals surface area contributed by atoms with E-state index in [-0.39, 0.29) is 16.7 Å². The molecule has 0 radical (unpaired) electrons. The highest BCUT2D eigenvalue weighted by Gasteiger charge is 2.28. The van der Waals surface area contributed by atoms with Crippen LogP contribution in [0.2, 0.25) is 0 Å². The van der Waals surface area contributed by atoms with E-state index in [0.717, 1.165) is 0 Å². The van der Waals surface area contributed by atoms with E-state index < -0.39 is 11.4 Å². The van der Waals surface area contributed by atoms with Crippen molar-refractivity contribution in [2.24, 2.45) is 5.73 Å². The minimum Gasteiger partial charge on any atom is -0.496 e. The van der Waals surface area contributed by atoms with Crippen molar-refractivity contribution >= 4 is 29.8 Å². The van der Waals surface area contributed by atoms with Crippen LogP contribution in [0.3, 0.4) is 0 Å². The Labute approximate surface area is 141 Å². The predicted octanol–water partition coefficient (Wildman–Crippen LogP) is 4.58. The van der Waals surface area contributed by atoms with Crippen molar-refractivity contribution in [3.63, 3.8) is 0 Å². The summed E-state index contributed by atoms with van der Waals surface area (Å²) in [5, 5.41) is 0. The van der Waals surface area contributed by atoms with Crippen molar-refractivity contribution in [1.82, 2.24) is 0 Å². The van der Waals surface area contributed by atoms with Gasteiger partial charge in [-0.25, -0.2) is 0 Å². The highest BCUT2D eigenvalue weighted by atomic mass is 32.2. The van der Waals surface area contributed by atoms with Gasteiger partial charge in [0.2, 0.25) is 5.91 Å². The Kier molecular flexibility index (Phi) is 5.56. The quantitative estimate of drug-likeness (QED) is 0.632. The first kappa shape index (κ1) is 17.9. The van der Waals surface area contributed by atoms with E-state index in [4.69, 9.17) is 10.5 Å². The normalized spacial score (nSPS) is 11.7. The van der Waals surface area contributed by atoms with Crippen LogP contribution in [0.4, 0.5) is 13.2 Å². The van der Waals surface area contributed by atoms with Gasteiger partial charge in [0.15, 0.2) is 0 Å². The molecule has 1 amide bonds. The number of benzene rings is 2. The molecule has 0 bridgehead atoms. The number of amides is 1. The molecule has 0 spiro atoms. The van der Waals surface area contributed by atoms with E-state index in [2.05, 4.69) is 0 Å². The van der Waals surface area contributed by atoms with Gasteiger partial charge in [-0.3, -0.25) is 4.79 Å². The smallest absolute Gasteiger partial charge is 0.446 e. The molecule has 0 fully saturated rings. The molecule has 2 N–H and O–H groups in total. The molecule has 0 saturated heterocycles. The Hall–Kier alpha value is -2.41. The molecule has 3 nitrogen and oxygen atoms in total. The maximum Gasteiger partial charge on any atom is 0.446 e. The van der Waals surface area contributed by atoms with Crippen LogP contribution in [-0.4, -0.2) is 18.5 Å². The number of alkyl halides is 3. The summed E-state index contributed by atoms with van der Waals surface area (Å²) < 4.78 is 42.1. The third kappa shape index (κ3) is 5.06. The van der Waals surface area contributed by atoms with Gasteiger partial charge in [0.25, 0.3) is 0 Å². The van der Waals surface area contributed by atoms with Crippen molar-refractivity contribution in [2.75, 3.05) is 7.11 Å². The number of ether oxygens (including phenoxy) is 1. The Bertz CT molecular complexity index is 755. The zero-order chi connectivity index (χ0) is 17.7. The molecule has 0 unspecified atom stereocenters. The van der Waals surface area contributed by atoms with Gasteiger partial charge >= 0.3 is 5.51 Å². The van der Waals surface area contributed by atoms with Gasteiger partial charge in [-0.1, -0.05) is 24.3 Å². The predicted molar refractivity (Wildman–Crippen MR) is 88.8 cm³/mol. The van der Waals surface area contributed by atoms with Crippen LogP contribution in [0.5, 0.6) is 5.75 Å². The fraction of sp³-hybridized carbons (Fsp3) is 0.118. The zero-order valence-corrected chi connectivity index (χ0v) is 13.4. The average Bonchev–Trinajstić information content (AvgIpc) is 2.52. The van der Waals surface area contributed by atoms with Crippen LogP contribution >= 0.6 is 11.8 Å². The SMILES string of the molecule is COc1ccc(C(N)=O)cc1C=Cc1ccc(SC(F)(F)F)cc1. The minimum atomic E-state index is -4.31. The van der Waals surface area contributed by atoms with Crippen molar-refractivity contribution in [1.29, 1.82) is 0 Å². The summed E-state index contributed by atoms with van der Waals surface area (Å²) >= 11 is -0.160. The van der Waals surface area contributed by atoms with Gasteiger partial charge in [0.05, 0.1) is 7.11 Å². The molecule has 0 atom stereocenters.